The first-order valence-electron chi connectivity index (χ1n) is 7.85. The van der Waals surface area contributed by atoms with E-state index in [9.17, 15) is 9.59 Å². The molecule has 0 N–H and O–H groups in total. The maximum atomic E-state index is 12.2. The molecule has 2 aliphatic heterocycles. The van der Waals surface area contributed by atoms with Gasteiger partial charge in [0.05, 0.1) is 12.1 Å². The van der Waals surface area contributed by atoms with Crippen LogP contribution in [0.3, 0.4) is 0 Å². The predicted octanol–water partition coefficient (Wildman–Crippen LogP) is 2.47. The summed E-state index contributed by atoms with van der Waals surface area (Å²) in [5, 5.41) is 0.0860. The third-order valence-electron chi connectivity index (χ3n) is 4.18. The number of hydrogen-bond donors (Lipinski definition) is 1. The normalized spacial score (nSPS) is 26.9. The molecule has 2 fully saturated rings. The molecular weight excluding hydrogens is 316 g/mol. The van der Waals surface area contributed by atoms with E-state index in [1.165, 1.54) is 6.08 Å². The third kappa shape index (κ3) is 4.22. The summed E-state index contributed by atoms with van der Waals surface area (Å²) in [5.74, 6) is 0. The number of carbonyl (C=O) groups excluding carboxylic acids is 2. The van der Waals surface area contributed by atoms with Gasteiger partial charge in [-0.05, 0) is 19.3 Å². The first-order chi connectivity index (χ1) is 11.1. The molecule has 1 unspecified atom stereocenters. The summed E-state index contributed by atoms with van der Waals surface area (Å²) in [5.41, 5.74) is 0. The van der Waals surface area contributed by atoms with Gasteiger partial charge in [-0.25, -0.2) is 9.59 Å². The van der Waals surface area contributed by atoms with E-state index in [-0.39, 0.29) is 42.7 Å². The van der Waals surface area contributed by atoms with Gasteiger partial charge in [0.25, 0.3) is 0 Å². The van der Waals surface area contributed by atoms with Gasteiger partial charge in [0.1, 0.15) is 13.2 Å². The van der Waals surface area contributed by atoms with Crippen molar-refractivity contribution >= 4 is 24.8 Å². The molecular formula is C16H24N2O4S. The standard InChI is InChI=1S/C16H24N2O4S/c1-3-8-21-15(19)17-7-5-6-13(17)14-10-12(23)11-18(14)16(20)22-9-4-2/h3-4,12-14,23H,1-2,5-11H2/t12-,13?,14-/m0/s1. The van der Waals surface area contributed by atoms with E-state index in [1.54, 1.807) is 15.9 Å². The minimum absolute atomic E-state index is 0.0549. The Kier molecular flexibility index (Phi) is 6.38. The predicted molar refractivity (Wildman–Crippen MR) is 90.7 cm³/mol. The molecule has 128 valence electrons. The Hall–Kier alpha value is -1.63. The molecule has 6 nitrogen and oxygen atoms in total. The van der Waals surface area contributed by atoms with Gasteiger partial charge in [-0.15, -0.1) is 0 Å². The topological polar surface area (TPSA) is 59.1 Å². The van der Waals surface area contributed by atoms with Crippen LogP contribution in [0.2, 0.25) is 0 Å². The number of ether oxygens (including phenoxy) is 2. The zero-order valence-corrected chi connectivity index (χ0v) is 14.1. The fraction of sp³-hybridized carbons (Fsp3) is 0.625. The van der Waals surface area contributed by atoms with Gasteiger partial charge in [-0.2, -0.15) is 12.6 Å². The van der Waals surface area contributed by atoms with Gasteiger partial charge < -0.3 is 19.3 Å². The lowest BCUT2D eigenvalue weighted by molar-refractivity contribution is 0.0712. The summed E-state index contributed by atoms with van der Waals surface area (Å²) >= 11 is 4.51. The molecule has 3 atom stereocenters. The number of likely N-dealkylation sites (tertiary alicyclic amines) is 2. The maximum Gasteiger partial charge on any atom is 0.410 e. The highest BCUT2D eigenvalue weighted by Gasteiger charge is 2.44. The van der Waals surface area contributed by atoms with Crippen molar-refractivity contribution in [3.05, 3.63) is 25.3 Å². The summed E-state index contributed by atoms with van der Waals surface area (Å²) in [6.45, 7) is 8.62. The van der Waals surface area contributed by atoms with Crippen molar-refractivity contribution in [2.24, 2.45) is 0 Å². The van der Waals surface area contributed by atoms with Crippen LogP contribution in [0, 0.1) is 0 Å². The quantitative estimate of drug-likeness (QED) is 0.617. The highest BCUT2D eigenvalue weighted by molar-refractivity contribution is 7.81. The second kappa shape index (κ2) is 8.29. The molecule has 0 radical (unpaired) electrons. The second-order valence-corrected chi connectivity index (χ2v) is 6.47. The molecule has 0 aromatic carbocycles. The molecule has 2 saturated heterocycles. The van der Waals surface area contributed by atoms with Crippen molar-refractivity contribution in [2.75, 3.05) is 26.3 Å². The Morgan fingerprint density at radius 1 is 1.09 bits per heavy atom. The highest BCUT2D eigenvalue weighted by atomic mass is 32.1. The lowest BCUT2D eigenvalue weighted by Crippen LogP contribution is -2.50. The first kappa shape index (κ1) is 17.7. The average molecular weight is 340 g/mol. The number of rotatable bonds is 5. The van der Waals surface area contributed by atoms with E-state index in [1.807, 2.05) is 0 Å². The Balaban J connectivity index is 2.06. The minimum Gasteiger partial charge on any atom is -0.445 e. The lowest BCUT2D eigenvalue weighted by atomic mass is 10.0. The maximum absolute atomic E-state index is 12.2. The summed E-state index contributed by atoms with van der Waals surface area (Å²) in [7, 11) is 0. The summed E-state index contributed by atoms with van der Waals surface area (Å²) in [4.78, 5) is 27.8. The van der Waals surface area contributed by atoms with Crippen LogP contribution in [-0.2, 0) is 9.47 Å². The van der Waals surface area contributed by atoms with Gasteiger partial charge in [0.15, 0.2) is 0 Å². The smallest absolute Gasteiger partial charge is 0.410 e. The molecule has 2 heterocycles. The molecule has 2 amide bonds. The van der Waals surface area contributed by atoms with Crippen LogP contribution < -0.4 is 0 Å². The molecule has 7 heteroatoms. The molecule has 0 bridgehead atoms. The fourth-order valence-corrected chi connectivity index (χ4v) is 3.66. The number of nitrogens with zero attached hydrogens (tertiary/aromatic N) is 2. The van der Waals surface area contributed by atoms with E-state index in [4.69, 9.17) is 9.47 Å². The SMILES string of the molecule is C=CCOC(=O)N1CCCC1[C@@H]1C[C@H](S)CN1C(=O)OCC=C. The van der Waals surface area contributed by atoms with Crippen LogP contribution >= 0.6 is 12.6 Å². The van der Waals surface area contributed by atoms with Gasteiger partial charge in [-0.1, -0.05) is 25.3 Å². The zero-order chi connectivity index (χ0) is 16.8. The van der Waals surface area contributed by atoms with Crippen LogP contribution in [0.5, 0.6) is 0 Å². The number of thiol groups is 1. The van der Waals surface area contributed by atoms with Crippen LogP contribution in [0.1, 0.15) is 19.3 Å². The zero-order valence-electron chi connectivity index (χ0n) is 13.2. The Bertz CT molecular complexity index is 471. The highest BCUT2D eigenvalue weighted by Crippen LogP contribution is 2.32. The Labute approximate surface area is 142 Å². The summed E-state index contributed by atoms with van der Waals surface area (Å²) in [6, 6.07) is -0.144. The van der Waals surface area contributed by atoms with E-state index in [0.29, 0.717) is 13.1 Å². The van der Waals surface area contributed by atoms with Crippen LogP contribution in [0.4, 0.5) is 9.59 Å². The van der Waals surface area contributed by atoms with Gasteiger partial charge in [0, 0.05) is 18.3 Å². The van der Waals surface area contributed by atoms with E-state index >= 15 is 0 Å². The molecule has 0 aliphatic carbocycles. The monoisotopic (exact) mass is 340 g/mol. The van der Waals surface area contributed by atoms with E-state index in [0.717, 1.165) is 19.3 Å². The van der Waals surface area contributed by atoms with Crippen molar-refractivity contribution in [2.45, 2.75) is 36.6 Å². The molecule has 0 saturated carbocycles. The van der Waals surface area contributed by atoms with Crippen molar-refractivity contribution in [1.29, 1.82) is 0 Å². The third-order valence-corrected chi connectivity index (χ3v) is 4.56. The largest absolute Gasteiger partial charge is 0.445 e. The fourth-order valence-electron chi connectivity index (χ4n) is 3.26. The van der Waals surface area contributed by atoms with E-state index < -0.39 is 0 Å². The number of hydrogen-bond acceptors (Lipinski definition) is 5. The Morgan fingerprint density at radius 2 is 1.70 bits per heavy atom. The Morgan fingerprint density at radius 3 is 2.30 bits per heavy atom. The summed E-state index contributed by atoms with van der Waals surface area (Å²) in [6.07, 6.45) is 4.84. The van der Waals surface area contributed by atoms with Crippen molar-refractivity contribution in [1.82, 2.24) is 9.80 Å². The lowest BCUT2D eigenvalue weighted by Gasteiger charge is -2.33. The van der Waals surface area contributed by atoms with Gasteiger partial charge in [0.2, 0.25) is 0 Å². The summed E-state index contributed by atoms with van der Waals surface area (Å²) < 4.78 is 10.3. The minimum atomic E-state index is -0.377. The van der Waals surface area contributed by atoms with Gasteiger partial charge in [-0.3, -0.25) is 0 Å². The van der Waals surface area contributed by atoms with Crippen molar-refractivity contribution in [3.63, 3.8) is 0 Å². The van der Waals surface area contributed by atoms with Gasteiger partial charge >= 0.3 is 12.2 Å². The van der Waals surface area contributed by atoms with E-state index in [2.05, 4.69) is 25.8 Å². The second-order valence-electron chi connectivity index (χ2n) is 5.74. The molecule has 0 spiro atoms. The van der Waals surface area contributed by atoms with Crippen LogP contribution in [0.25, 0.3) is 0 Å². The first-order valence-corrected chi connectivity index (χ1v) is 8.36. The van der Waals surface area contributed by atoms with Crippen molar-refractivity contribution < 1.29 is 19.1 Å². The molecule has 2 aliphatic rings. The average Bonchev–Trinajstić information content (AvgIpc) is 3.16. The molecule has 2 rings (SSSR count). The number of amides is 2. The molecule has 0 aromatic rings. The van der Waals surface area contributed by atoms with Crippen LogP contribution in [0.15, 0.2) is 25.3 Å². The van der Waals surface area contributed by atoms with Crippen molar-refractivity contribution in [3.8, 4) is 0 Å². The molecule has 0 aromatic heterocycles. The number of carbonyl (C=O) groups is 2. The molecule has 23 heavy (non-hydrogen) atoms. The van der Waals surface area contributed by atoms with Crippen LogP contribution in [-0.4, -0.2) is 65.6 Å².